The molecule has 1 aromatic heterocycles. The zero-order chi connectivity index (χ0) is 20.0. The number of rotatable bonds is 7. The van der Waals surface area contributed by atoms with Crippen LogP contribution in [0.5, 0.6) is 5.75 Å². The van der Waals surface area contributed by atoms with Crippen molar-refractivity contribution in [3.05, 3.63) is 47.8 Å². The Labute approximate surface area is 157 Å². The molecule has 1 heterocycles. The second-order valence-corrected chi connectivity index (χ2v) is 7.43. The molecule has 146 valence electrons. The number of benzene rings is 1. The predicted molar refractivity (Wildman–Crippen MR) is 98.8 cm³/mol. The van der Waals surface area contributed by atoms with E-state index in [0.717, 1.165) is 5.56 Å². The Morgan fingerprint density at radius 3 is 2.59 bits per heavy atom. The first-order valence-corrected chi connectivity index (χ1v) is 9.58. The molecule has 0 aliphatic carbocycles. The van der Waals surface area contributed by atoms with E-state index in [1.807, 2.05) is 17.7 Å². The summed E-state index contributed by atoms with van der Waals surface area (Å²) >= 11 is 0. The number of amides is 3. The van der Waals surface area contributed by atoms with Gasteiger partial charge in [-0.1, -0.05) is 6.07 Å². The number of sulfonamides is 1. The van der Waals surface area contributed by atoms with E-state index in [1.54, 1.807) is 18.5 Å². The van der Waals surface area contributed by atoms with Crippen LogP contribution in [0, 0.1) is 0 Å². The molecule has 0 spiro atoms. The largest absolute Gasteiger partial charge is 0.495 e. The number of aromatic amines is 1. The maximum Gasteiger partial charge on any atom is 0.328 e. The van der Waals surface area contributed by atoms with E-state index in [-0.39, 0.29) is 29.0 Å². The van der Waals surface area contributed by atoms with Gasteiger partial charge in [-0.25, -0.2) is 17.9 Å². The van der Waals surface area contributed by atoms with Crippen LogP contribution in [0.15, 0.2) is 41.6 Å². The van der Waals surface area contributed by atoms with Crippen LogP contribution in [0.4, 0.5) is 4.79 Å². The number of carbonyl (C=O) groups is 2. The molecule has 1 aromatic carbocycles. The summed E-state index contributed by atoms with van der Waals surface area (Å²) in [4.78, 5) is 26.4. The normalized spacial score (nSPS) is 12.1. The highest BCUT2D eigenvalue weighted by Crippen LogP contribution is 2.25. The number of aromatic nitrogens is 1. The van der Waals surface area contributed by atoms with Crippen molar-refractivity contribution in [2.24, 2.45) is 0 Å². The standard InChI is InChI=1S/C17H22N4O5S/c1-11(13-6-7-19-10-13)20-16(22)9-12-4-5-14(26-3)15(8-12)27(24,25)21-17(23)18-2/h4-8,10-11,19H,9H2,1-3H3,(H,20,22)(H2,18,21,23). The summed E-state index contributed by atoms with van der Waals surface area (Å²) < 4.78 is 31.7. The highest BCUT2D eigenvalue weighted by molar-refractivity contribution is 7.90. The summed E-state index contributed by atoms with van der Waals surface area (Å²) in [5.41, 5.74) is 1.39. The lowest BCUT2D eigenvalue weighted by Gasteiger charge is -2.14. The van der Waals surface area contributed by atoms with E-state index in [1.165, 1.54) is 26.3 Å². The number of ether oxygens (including phenoxy) is 1. The highest BCUT2D eigenvalue weighted by Gasteiger charge is 2.23. The summed E-state index contributed by atoms with van der Waals surface area (Å²) in [5, 5.41) is 5.01. The summed E-state index contributed by atoms with van der Waals surface area (Å²) in [6.45, 7) is 1.85. The monoisotopic (exact) mass is 394 g/mol. The van der Waals surface area contributed by atoms with Crippen LogP contribution in [0.25, 0.3) is 0 Å². The number of nitrogens with one attached hydrogen (secondary N) is 4. The summed E-state index contributed by atoms with van der Waals surface area (Å²) in [6.07, 6.45) is 3.52. The minimum absolute atomic E-state index is 0.0265. The van der Waals surface area contributed by atoms with Crippen LogP contribution in [-0.4, -0.2) is 39.5 Å². The predicted octanol–water partition coefficient (Wildman–Crippen LogP) is 1.06. The summed E-state index contributed by atoms with van der Waals surface area (Å²) in [7, 11) is -1.54. The average Bonchev–Trinajstić information content (AvgIpc) is 3.16. The molecule has 3 amide bonds. The molecule has 0 saturated heterocycles. The van der Waals surface area contributed by atoms with E-state index < -0.39 is 16.1 Å². The lowest BCUT2D eigenvalue weighted by molar-refractivity contribution is -0.121. The third-order valence-corrected chi connectivity index (χ3v) is 5.19. The lowest BCUT2D eigenvalue weighted by Crippen LogP contribution is -2.37. The number of hydrogen-bond donors (Lipinski definition) is 4. The van der Waals surface area contributed by atoms with Gasteiger partial charge in [0.05, 0.1) is 19.6 Å². The van der Waals surface area contributed by atoms with Crippen LogP contribution in [0.2, 0.25) is 0 Å². The molecule has 0 aliphatic heterocycles. The fraction of sp³-hybridized carbons (Fsp3) is 0.294. The number of H-pyrrole nitrogens is 1. The molecule has 0 saturated carbocycles. The molecular formula is C17H22N4O5S. The maximum absolute atomic E-state index is 12.4. The van der Waals surface area contributed by atoms with Gasteiger partial charge in [0.25, 0.3) is 10.0 Å². The lowest BCUT2D eigenvalue weighted by atomic mass is 10.1. The molecule has 1 atom stereocenters. The van der Waals surface area contributed by atoms with Crippen molar-refractivity contribution in [2.75, 3.05) is 14.2 Å². The Kier molecular flexibility index (Phi) is 6.45. The Bertz CT molecular complexity index is 909. The van der Waals surface area contributed by atoms with Crippen molar-refractivity contribution < 1.29 is 22.7 Å². The number of hydrogen-bond acceptors (Lipinski definition) is 5. The Morgan fingerprint density at radius 1 is 1.26 bits per heavy atom. The first-order chi connectivity index (χ1) is 12.8. The zero-order valence-electron chi connectivity index (χ0n) is 15.2. The van der Waals surface area contributed by atoms with Crippen LogP contribution in [-0.2, 0) is 21.2 Å². The molecule has 9 nitrogen and oxygen atoms in total. The average molecular weight is 394 g/mol. The van der Waals surface area contributed by atoms with Crippen molar-refractivity contribution >= 4 is 22.0 Å². The first-order valence-electron chi connectivity index (χ1n) is 8.10. The summed E-state index contributed by atoms with van der Waals surface area (Å²) in [5.74, 6) is -0.201. The highest BCUT2D eigenvalue weighted by atomic mass is 32.2. The molecule has 27 heavy (non-hydrogen) atoms. The van der Waals surface area contributed by atoms with E-state index in [9.17, 15) is 18.0 Å². The molecule has 0 fully saturated rings. The summed E-state index contributed by atoms with van der Waals surface area (Å²) in [6, 6.07) is 5.13. The van der Waals surface area contributed by atoms with Crippen LogP contribution in [0.1, 0.15) is 24.1 Å². The molecule has 1 unspecified atom stereocenters. The Balaban J connectivity index is 2.18. The minimum atomic E-state index is -4.15. The minimum Gasteiger partial charge on any atom is -0.495 e. The Morgan fingerprint density at radius 2 is 2.00 bits per heavy atom. The van der Waals surface area contributed by atoms with Gasteiger partial charge in [-0.3, -0.25) is 4.79 Å². The third-order valence-electron chi connectivity index (χ3n) is 3.84. The van der Waals surface area contributed by atoms with Crippen LogP contribution < -0.4 is 20.1 Å². The van der Waals surface area contributed by atoms with Gasteiger partial charge in [0.2, 0.25) is 5.91 Å². The van der Waals surface area contributed by atoms with E-state index in [2.05, 4.69) is 15.6 Å². The van der Waals surface area contributed by atoms with Gasteiger partial charge in [0.15, 0.2) is 0 Å². The second-order valence-electron chi connectivity index (χ2n) is 5.78. The van der Waals surface area contributed by atoms with E-state index in [4.69, 9.17) is 4.74 Å². The second kappa shape index (κ2) is 8.58. The Hall–Kier alpha value is -3.01. The van der Waals surface area contributed by atoms with Gasteiger partial charge in [-0.05, 0) is 36.2 Å². The first kappa shape index (κ1) is 20.3. The fourth-order valence-electron chi connectivity index (χ4n) is 2.44. The molecule has 4 N–H and O–H groups in total. The van der Waals surface area contributed by atoms with E-state index in [0.29, 0.717) is 5.56 Å². The van der Waals surface area contributed by atoms with Crippen molar-refractivity contribution in [3.63, 3.8) is 0 Å². The van der Waals surface area contributed by atoms with Crippen molar-refractivity contribution in [2.45, 2.75) is 24.3 Å². The molecule has 0 aliphatic rings. The fourth-order valence-corrected chi connectivity index (χ4v) is 3.62. The van der Waals surface area contributed by atoms with Crippen molar-refractivity contribution in [1.29, 1.82) is 0 Å². The quantitative estimate of drug-likeness (QED) is 0.558. The van der Waals surface area contributed by atoms with Crippen molar-refractivity contribution in [3.8, 4) is 5.75 Å². The van der Waals surface area contributed by atoms with Gasteiger partial charge in [0.1, 0.15) is 10.6 Å². The molecular weight excluding hydrogens is 372 g/mol. The number of carbonyl (C=O) groups excluding carboxylic acids is 2. The molecule has 2 aromatic rings. The van der Waals surface area contributed by atoms with Crippen LogP contribution >= 0.6 is 0 Å². The molecule has 0 radical (unpaired) electrons. The molecule has 0 bridgehead atoms. The van der Waals surface area contributed by atoms with Crippen molar-refractivity contribution in [1.82, 2.24) is 20.3 Å². The van der Waals surface area contributed by atoms with Gasteiger partial charge >= 0.3 is 6.03 Å². The van der Waals surface area contributed by atoms with Crippen LogP contribution in [0.3, 0.4) is 0 Å². The van der Waals surface area contributed by atoms with Gasteiger partial charge in [0, 0.05) is 19.4 Å². The topological polar surface area (TPSA) is 129 Å². The van der Waals surface area contributed by atoms with Gasteiger partial charge < -0.3 is 20.4 Å². The SMILES string of the molecule is CNC(=O)NS(=O)(=O)c1cc(CC(=O)NC(C)c2cc[nH]c2)ccc1OC. The number of urea groups is 1. The van der Waals surface area contributed by atoms with Gasteiger partial charge in [-0.15, -0.1) is 0 Å². The van der Waals surface area contributed by atoms with E-state index >= 15 is 0 Å². The van der Waals surface area contributed by atoms with Gasteiger partial charge in [-0.2, -0.15) is 0 Å². The third kappa shape index (κ3) is 5.23. The number of methoxy groups -OCH3 is 1. The zero-order valence-corrected chi connectivity index (χ0v) is 16.0. The molecule has 10 heteroatoms. The maximum atomic E-state index is 12.4. The molecule has 2 rings (SSSR count). The smallest absolute Gasteiger partial charge is 0.328 e.